The number of amides is 3. The summed E-state index contributed by atoms with van der Waals surface area (Å²) in [7, 11) is 0. The average Bonchev–Trinajstić information content (AvgIpc) is 3.49. The van der Waals surface area contributed by atoms with E-state index >= 15 is 0 Å². The van der Waals surface area contributed by atoms with Gasteiger partial charge in [0.2, 0.25) is 5.91 Å². The van der Waals surface area contributed by atoms with Gasteiger partial charge in [0.25, 0.3) is 11.8 Å². The molecule has 0 aliphatic carbocycles. The van der Waals surface area contributed by atoms with Gasteiger partial charge in [-0.1, -0.05) is 100 Å². The van der Waals surface area contributed by atoms with Crippen LogP contribution in [0.4, 0.5) is 10.8 Å². The van der Waals surface area contributed by atoms with E-state index in [1.54, 1.807) is 36.4 Å². The molecule has 1 heterocycles. The second-order valence-corrected chi connectivity index (χ2v) is 13.9. The van der Waals surface area contributed by atoms with Gasteiger partial charge in [0, 0.05) is 20.6 Å². The fourth-order valence-electron chi connectivity index (χ4n) is 4.84. The molecular weight excluding hydrogens is 704 g/mol. The number of hydrogen-bond acceptors (Lipinski definition) is 6. The summed E-state index contributed by atoms with van der Waals surface area (Å²) in [4.78, 5) is 45.8. The van der Waals surface area contributed by atoms with Gasteiger partial charge in [0.1, 0.15) is 10.9 Å². The van der Waals surface area contributed by atoms with Crippen LogP contribution in [0, 0.1) is 6.92 Å². The Kier molecular flexibility index (Phi) is 10.4. The van der Waals surface area contributed by atoms with Crippen molar-refractivity contribution in [1.82, 2.24) is 10.3 Å². The molecule has 0 saturated carbocycles. The van der Waals surface area contributed by atoms with Crippen LogP contribution >= 0.6 is 39.0 Å². The minimum absolute atomic E-state index is 0.0765. The van der Waals surface area contributed by atoms with Crippen LogP contribution in [0.25, 0.3) is 16.3 Å². The lowest BCUT2D eigenvalue weighted by Gasteiger charge is -2.17. The summed E-state index contributed by atoms with van der Waals surface area (Å²) in [6.07, 6.45) is 1.62. The number of aromatic nitrogens is 1. The first-order chi connectivity index (χ1) is 23.3. The molecule has 0 spiro atoms. The van der Waals surface area contributed by atoms with Crippen molar-refractivity contribution in [2.24, 2.45) is 0 Å². The fourth-order valence-corrected chi connectivity index (χ4v) is 7.31. The van der Waals surface area contributed by atoms with Crippen molar-refractivity contribution in [2.45, 2.75) is 17.1 Å². The number of carbonyl (C=O) groups excluding carboxylic acids is 3. The van der Waals surface area contributed by atoms with E-state index < -0.39 is 17.1 Å². The molecule has 1 unspecified atom stereocenters. The first kappa shape index (κ1) is 32.9. The zero-order valence-electron chi connectivity index (χ0n) is 25.6. The topological polar surface area (TPSA) is 100 Å². The molecule has 10 heteroatoms. The summed E-state index contributed by atoms with van der Waals surface area (Å²) in [6.45, 7) is 2.02. The largest absolute Gasteiger partial charge is 0.321 e. The van der Waals surface area contributed by atoms with Crippen LogP contribution in [0.5, 0.6) is 0 Å². The molecule has 0 aliphatic rings. The lowest BCUT2D eigenvalue weighted by atomic mass is 10.1. The Morgan fingerprint density at radius 1 is 0.812 bits per heavy atom. The summed E-state index contributed by atoms with van der Waals surface area (Å²) in [5.41, 5.74) is 4.53. The van der Waals surface area contributed by atoms with Crippen LogP contribution in [-0.4, -0.2) is 22.7 Å². The Morgan fingerprint density at radius 3 is 2.33 bits per heavy atom. The molecule has 0 aliphatic heterocycles. The SMILES string of the molecule is Cc1ccc2nc(NC(=O)C(Sc3cccc(NC(=O)/C(=C\c4cccc(Br)c4)NC(=O)c4ccccc4)c3)c3ccccc3)sc2c1. The standard InChI is InChI=1S/C38H29BrN4O3S2/c1-24-18-19-31-33(20-24)48-38(42-31)43-37(46)34(26-11-4-2-5-12-26)47-30-17-9-16-29(23-30)40-36(45)32(22-25-10-8-15-28(39)21-25)41-35(44)27-13-6-3-7-14-27/h2-23,34H,1H3,(H,40,45)(H,41,44)(H,42,43,46)/b32-22+. The van der Waals surface area contributed by atoms with Crippen LogP contribution in [0.1, 0.15) is 32.3 Å². The van der Waals surface area contributed by atoms with Gasteiger partial charge in [-0.3, -0.25) is 14.4 Å². The molecule has 6 aromatic rings. The van der Waals surface area contributed by atoms with Crippen molar-refractivity contribution >= 4 is 83.9 Å². The highest BCUT2D eigenvalue weighted by Crippen LogP contribution is 2.38. The molecule has 3 N–H and O–H groups in total. The first-order valence-corrected chi connectivity index (χ1v) is 17.4. The van der Waals surface area contributed by atoms with Crippen LogP contribution in [0.15, 0.2) is 142 Å². The number of aryl methyl sites for hydroxylation is 1. The highest BCUT2D eigenvalue weighted by Gasteiger charge is 2.24. The maximum atomic E-state index is 13.7. The van der Waals surface area contributed by atoms with Gasteiger partial charge in [0.15, 0.2) is 5.13 Å². The number of halogens is 1. The molecule has 5 aromatic carbocycles. The third-order valence-corrected chi connectivity index (χ3v) is 9.82. The predicted molar refractivity (Wildman–Crippen MR) is 199 cm³/mol. The third kappa shape index (κ3) is 8.46. The Hall–Kier alpha value is -5.03. The smallest absolute Gasteiger partial charge is 0.272 e. The molecular formula is C38H29BrN4O3S2. The fraction of sp³-hybridized carbons (Fsp3) is 0.0526. The van der Waals surface area contributed by atoms with Gasteiger partial charge in [-0.05, 0) is 84.3 Å². The van der Waals surface area contributed by atoms with Crippen molar-refractivity contribution in [3.8, 4) is 0 Å². The molecule has 48 heavy (non-hydrogen) atoms. The number of thiazole rings is 1. The van der Waals surface area contributed by atoms with Crippen molar-refractivity contribution < 1.29 is 14.4 Å². The molecule has 0 bridgehead atoms. The molecule has 0 fully saturated rings. The van der Waals surface area contributed by atoms with E-state index in [0.29, 0.717) is 16.4 Å². The summed E-state index contributed by atoms with van der Waals surface area (Å²) < 4.78 is 1.84. The van der Waals surface area contributed by atoms with Crippen molar-refractivity contribution in [3.63, 3.8) is 0 Å². The summed E-state index contributed by atoms with van der Waals surface area (Å²) in [6, 6.07) is 38.9. The molecule has 238 valence electrons. The maximum Gasteiger partial charge on any atom is 0.272 e. The first-order valence-electron chi connectivity index (χ1n) is 15.0. The second-order valence-electron chi connectivity index (χ2n) is 10.8. The van der Waals surface area contributed by atoms with Crippen molar-refractivity contribution in [3.05, 3.63) is 160 Å². The Bertz CT molecular complexity index is 2130. The third-order valence-electron chi connectivity index (χ3n) is 7.15. The van der Waals surface area contributed by atoms with E-state index in [0.717, 1.165) is 36.3 Å². The quantitative estimate of drug-likeness (QED) is 0.0963. The minimum atomic E-state index is -0.594. The molecule has 1 atom stereocenters. The molecule has 7 nitrogen and oxygen atoms in total. The van der Waals surface area contributed by atoms with E-state index in [2.05, 4.69) is 42.9 Å². The van der Waals surface area contributed by atoms with Gasteiger partial charge >= 0.3 is 0 Å². The zero-order chi connectivity index (χ0) is 33.5. The zero-order valence-corrected chi connectivity index (χ0v) is 28.9. The lowest BCUT2D eigenvalue weighted by Crippen LogP contribution is -2.30. The van der Waals surface area contributed by atoms with E-state index in [-0.39, 0.29) is 11.6 Å². The van der Waals surface area contributed by atoms with Crippen molar-refractivity contribution in [2.75, 3.05) is 10.6 Å². The van der Waals surface area contributed by atoms with Gasteiger partial charge in [-0.15, -0.1) is 11.8 Å². The number of nitrogens with zero attached hydrogens (tertiary/aromatic N) is 1. The number of carbonyl (C=O) groups is 3. The Morgan fingerprint density at radius 2 is 1.56 bits per heavy atom. The van der Waals surface area contributed by atoms with Crippen LogP contribution in [-0.2, 0) is 9.59 Å². The lowest BCUT2D eigenvalue weighted by molar-refractivity contribution is -0.116. The van der Waals surface area contributed by atoms with Gasteiger partial charge in [0.05, 0.1) is 10.2 Å². The van der Waals surface area contributed by atoms with E-state index in [9.17, 15) is 14.4 Å². The second kappa shape index (κ2) is 15.2. The number of benzene rings is 5. The van der Waals surface area contributed by atoms with Crippen LogP contribution in [0.3, 0.4) is 0 Å². The summed E-state index contributed by atoms with van der Waals surface area (Å²) >= 11 is 6.26. The highest BCUT2D eigenvalue weighted by atomic mass is 79.9. The van der Waals surface area contributed by atoms with Gasteiger partial charge < -0.3 is 16.0 Å². The number of nitrogens with one attached hydrogen (secondary N) is 3. The molecule has 0 radical (unpaired) electrons. The normalized spacial score (nSPS) is 11.9. The molecule has 0 saturated heterocycles. The number of hydrogen-bond donors (Lipinski definition) is 3. The maximum absolute atomic E-state index is 13.7. The molecule has 3 amide bonds. The minimum Gasteiger partial charge on any atom is -0.321 e. The van der Waals surface area contributed by atoms with Crippen LogP contribution < -0.4 is 16.0 Å². The number of anilines is 2. The van der Waals surface area contributed by atoms with Gasteiger partial charge in [-0.25, -0.2) is 4.98 Å². The van der Waals surface area contributed by atoms with Gasteiger partial charge in [-0.2, -0.15) is 0 Å². The van der Waals surface area contributed by atoms with E-state index in [1.165, 1.54) is 23.1 Å². The van der Waals surface area contributed by atoms with E-state index in [4.69, 9.17) is 0 Å². The monoisotopic (exact) mass is 732 g/mol. The highest BCUT2D eigenvalue weighted by molar-refractivity contribution is 9.10. The summed E-state index contributed by atoms with van der Waals surface area (Å²) in [5.74, 6) is -1.11. The average molecular weight is 734 g/mol. The van der Waals surface area contributed by atoms with Crippen LogP contribution in [0.2, 0.25) is 0 Å². The number of thioether (sulfide) groups is 1. The van der Waals surface area contributed by atoms with E-state index in [1.807, 2.05) is 97.9 Å². The Balaban J connectivity index is 1.23. The van der Waals surface area contributed by atoms with Crippen molar-refractivity contribution in [1.29, 1.82) is 0 Å². The molecule has 6 rings (SSSR count). The number of rotatable bonds is 10. The number of fused-ring (bicyclic) bond motifs is 1. The molecule has 1 aromatic heterocycles. The Labute approximate surface area is 294 Å². The predicted octanol–water partition coefficient (Wildman–Crippen LogP) is 9.25. The summed E-state index contributed by atoms with van der Waals surface area (Å²) in [5, 5.41) is 8.65.